The van der Waals surface area contributed by atoms with Crippen LogP contribution in [0.2, 0.25) is 0 Å². The Morgan fingerprint density at radius 1 is 1.75 bits per heavy atom. The van der Waals surface area contributed by atoms with E-state index in [0.717, 1.165) is 4.88 Å². The lowest BCUT2D eigenvalue weighted by Gasteiger charge is -2.04. The van der Waals surface area contributed by atoms with Gasteiger partial charge in [-0.05, 0) is 11.4 Å². The minimum atomic E-state index is -0.940. The minimum Gasteiger partial charge on any atom is -0.481 e. The molecule has 0 aliphatic heterocycles. The van der Waals surface area contributed by atoms with Crippen LogP contribution in [0.4, 0.5) is 0 Å². The van der Waals surface area contributed by atoms with Gasteiger partial charge in [0.15, 0.2) is 0 Å². The molecule has 0 aromatic carbocycles. The molecule has 0 aliphatic carbocycles. The van der Waals surface area contributed by atoms with Crippen LogP contribution in [-0.2, 0) is 9.59 Å². The van der Waals surface area contributed by atoms with E-state index in [9.17, 15) is 9.59 Å². The summed E-state index contributed by atoms with van der Waals surface area (Å²) in [6.45, 7) is 0. The highest BCUT2D eigenvalue weighted by atomic mass is 32.1. The molecule has 1 aromatic heterocycles. The standard InChI is InChI=1S/C8H8O3S/c9-4-3-6(8(10)11)7-2-1-5-12-7/h1-2,4-6H,3H2,(H,10,11). The zero-order chi connectivity index (χ0) is 8.97. The van der Waals surface area contributed by atoms with E-state index in [1.807, 2.05) is 0 Å². The summed E-state index contributed by atoms with van der Waals surface area (Å²) in [4.78, 5) is 21.5. The molecule has 4 heteroatoms. The Bertz CT molecular complexity index is 266. The summed E-state index contributed by atoms with van der Waals surface area (Å²) in [5, 5.41) is 10.5. The molecule has 1 rings (SSSR count). The molecule has 1 atom stereocenters. The van der Waals surface area contributed by atoms with Crippen molar-refractivity contribution < 1.29 is 14.7 Å². The van der Waals surface area contributed by atoms with Gasteiger partial charge in [-0.15, -0.1) is 11.3 Å². The summed E-state index contributed by atoms with van der Waals surface area (Å²) < 4.78 is 0. The first-order valence-electron chi connectivity index (χ1n) is 3.45. The molecule has 1 N–H and O–H groups in total. The molecular weight excluding hydrogens is 176 g/mol. The highest BCUT2D eigenvalue weighted by Crippen LogP contribution is 2.23. The summed E-state index contributed by atoms with van der Waals surface area (Å²) in [5.74, 6) is -1.60. The third kappa shape index (κ3) is 1.92. The molecule has 0 aliphatic rings. The molecule has 0 amide bonds. The van der Waals surface area contributed by atoms with E-state index in [1.165, 1.54) is 11.3 Å². The SMILES string of the molecule is O=CCC(C(=O)O)c1cccs1. The van der Waals surface area contributed by atoms with Crippen LogP contribution in [0.15, 0.2) is 17.5 Å². The predicted molar refractivity (Wildman–Crippen MR) is 45.4 cm³/mol. The number of aldehydes is 1. The van der Waals surface area contributed by atoms with Crippen LogP contribution >= 0.6 is 11.3 Å². The number of aliphatic carboxylic acids is 1. The summed E-state index contributed by atoms with van der Waals surface area (Å²) >= 11 is 1.36. The van der Waals surface area contributed by atoms with Gasteiger partial charge in [-0.3, -0.25) is 4.79 Å². The van der Waals surface area contributed by atoms with Gasteiger partial charge < -0.3 is 9.90 Å². The summed E-state index contributed by atoms with van der Waals surface area (Å²) in [5.41, 5.74) is 0. The molecule has 1 aromatic rings. The molecule has 0 bridgehead atoms. The van der Waals surface area contributed by atoms with Gasteiger partial charge in [0.2, 0.25) is 0 Å². The van der Waals surface area contributed by atoms with Crippen molar-refractivity contribution in [3.63, 3.8) is 0 Å². The lowest BCUT2D eigenvalue weighted by atomic mass is 10.1. The zero-order valence-corrected chi connectivity index (χ0v) is 7.08. The molecule has 0 saturated heterocycles. The van der Waals surface area contributed by atoms with Crippen molar-refractivity contribution >= 4 is 23.6 Å². The van der Waals surface area contributed by atoms with E-state index in [-0.39, 0.29) is 6.42 Å². The Morgan fingerprint density at radius 2 is 2.50 bits per heavy atom. The normalized spacial score (nSPS) is 12.3. The van der Waals surface area contributed by atoms with Gasteiger partial charge >= 0.3 is 5.97 Å². The monoisotopic (exact) mass is 184 g/mol. The molecule has 0 spiro atoms. The van der Waals surface area contributed by atoms with E-state index in [0.29, 0.717) is 6.29 Å². The van der Waals surface area contributed by atoms with Crippen LogP contribution < -0.4 is 0 Å². The maximum Gasteiger partial charge on any atom is 0.312 e. The lowest BCUT2D eigenvalue weighted by molar-refractivity contribution is -0.139. The lowest BCUT2D eigenvalue weighted by Crippen LogP contribution is -2.10. The first-order valence-corrected chi connectivity index (χ1v) is 4.33. The van der Waals surface area contributed by atoms with Crippen molar-refractivity contribution in [2.75, 3.05) is 0 Å². The van der Waals surface area contributed by atoms with Crippen LogP contribution in [0.1, 0.15) is 17.2 Å². The van der Waals surface area contributed by atoms with Gasteiger partial charge in [-0.2, -0.15) is 0 Å². The highest BCUT2D eigenvalue weighted by molar-refractivity contribution is 7.10. The average Bonchev–Trinajstić information content (AvgIpc) is 2.51. The Kier molecular flexibility index (Phi) is 2.99. The van der Waals surface area contributed by atoms with Crippen molar-refractivity contribution in [3.05, 3.63) is 22.4 Å². The average molecular weight is 184 g/mol. The van der Waals surface area contributed by atoms with E-state index >= 15 is 0 Å². The smallest absolute Gasteiger partial charge is 0.312 e. The second-order valence-corrected chi connectivity index (χ2v) is 3.29. The third-order valence-electron chi connectivity index (χ3n) is 1.52. The molecule has 1 unspecified atom stereocenters. The van der Waals surface area contributed by atoms with Crippen LogP contribution in [0.3, 0.4) is 0 Å². The first kappa shape index (κ1) is 8.93. The third-order valence-corrected chi connectivity index (χ3v) is 2.50. The Balaban J connectivity index is 2.80. The fraction of sp³-hybridized carbons (Fsp3) is 0.250. The molecule has 1 heterocycles. The predicted octanol–water partition coefficient (Wildman–Crippen LogP) is 1.51. The first-order chi connectivity index (χ1) is 5.75. The quantitative estimate of drug-likeness (QED) is 0.721. The number of thiophene rings is 1. The number of hydrogen-bond acceptors (Lipinski definition) is 3. The Hall–Kier alpha value is -1.16. The number of carbonyl (C=O) groups is 2. The summed E-state index contributed by atoms with van der Waals surface area (Å²) in [6.07, 6.45) is 0.689. The van der Waals surface area contributed by atoms with Crippen molar-refractivity contribution in [1.29, 1.82) is 0 Å². The van der Waals surface area contributed by atoms with Crippen molar-refractivity contribution in [1.82, 2.24) is 0 Å². The van der Waals surface area contributed by atoms with E-state index < -0.39 is 11.9 Å². The maximum atomic E-state index is 10.6. The maximum absolute atomic E-state index is 10.6. The zero-order valence-electron chi connectivity index (χ0n) is 6.27. The van der Waals surface area contributed by atoms with E-state index in [4.69, 9.17) is 5.11 Å². The molecule has 0 radical (unpaired) electrons. The largest absolute Gasteiger partial charge is 0.481 e. The molecular formula is C8H8O3S. The van der Waals surface area contributed by atoms with E-state index in [2.05, 4.69) is 0 Å². The Labute approximate surface area is 73.6 Å². The van der Waals surface area contributed by atoms with Crippen molar-refractivity contribution in [2.24, 2.45) is 0 Å². The minimum absolute atomic E-state index is 0.0514. The molecule has 12 heavy (non-hydrogen) atoms. The van der Waals surface area contributed by atoms with Crippen molar-refractivity contribution in [3.8, 4) is 0 Å². The number of carboxylic acid groups (broad SMARTS) is 1. The topological polar surface area (TPSA) is 54.4 Å². The fourth-order valence-corrected chi connectivity index (χ4v) is 1.76. The van der Waals surface area contributed by atoms with E-state index in [1.54, 1.807) is 17.5 Å². The number of rotatable bonds is 4. The fourth-order valence-electron chi connectivity index (χ4n) is 0.924. The van der Waals surface area contributed by atoms with Gasteiger partial charge in [0, 0.05) is 11.3 Å². The van der Waals surface area contributed by atoms with Crippen LogP contribution in [0.25, 0.3) is 0 Å². The van der Waals surface area contributed by atoms with Gasteiger partial charge in [0.05, 0.1) is 5.92 Å². The number of carboxylic acids is 1. The van der Waals surface area contributed by atoms with Crippen LogP contribution in [-0.4, -0.2) is 17.4 Å². The molecule has 64 valence electrons. The highest BCUT2D eigenvalue weighted by Gasteiger charge is 2.19. The molecule has 0 fully saturated rings. The van der Waals surface area contributed by atoms with Gasteiger partial charge in [0.1, 0.15) is 6.29 Å². The number of hydrogen-bond donors (Lipinski definition) is 1. The van der Waals surface area contributed by atoms with Crippen LogP contribution in [0, 0.1) is 0 Å². The second kappa shape index (κ2) is 4.01. The molecule has 0 saturated carbocycles. The van der Waals surface area contributed by atoms with Gasteiger partial charge in [-0.1, -0.05) is 6.07 Å². The second-order valence-electron chi connectivity index (χ2n) is 2.31. The molecule has 3 nitrogen and oxygen atoms in total. The van der Waals surface area contributed by atoms with Gasteiger partial charge in [-0.25, -0.2) is 0 Å². The summed E-state index contributed by atoms with van der Waals surface area (Å²) in [7, 11) is 0. The Morgan fingerprint density at radius 3 is 2.92 bits per heavy atom. The van der Waals surface area contributed by atoms with Gasteiger partial charge in [0.25, 0.3) is 0 Å². The summed E-state index contributed by atoms with van der Waals surface area (Å²) in [6, 6.07) is 3.51. The van der Waals surface area contributed by atoms with Crippen molar-refractivity contribution in [2.45, 2.75) is 12.3 Å². The number of carbonyl (C=O) groups excluding carboxylic acids is 1. The van der Waals surface area contributed by atoms with Crippen LogP contribution in [0.5, 0.6) is 0 Å².